The first-order chi connectivity index (χ1) is 9.63. The summed E-state index contributed by atoms with van der Waals surface area (Å²) in [4.78, 5) is 12.2. The summed E-state index contributed by atoms with van der Waals surface area (Å²) < 4.78 is 5.32. The van der Waals surface area contributed by atoms with Crippen LogP contribution in [0.15, 0.2) is 36.4 Å². The first-order valence-corrected chi connectivity index (χ1v) is 6.51. The van der Waals surface area contributed by atoms with E-state index in [2.05, 4.69) is 5.32 Å². The van der Waals surface area contributed by atoms with Gasteiger partial charge in [0.25, 0.3) is 5.91 Å². The number of hydrogen-bond donors (Lipinski definition) is 2. The molecule has 102 valence electrons. The molecule has 4 nitrogen and oxygen atoms in total. The SMILES string of the molecule is O=C(Nc1ccc(O)c(Cl)c1)c1ccc2c(c1)COC2. The molecule has 0 aliphatic carbocycles. The molecule has 20 heavy (non-hydrogen) atoms. The van der Waals surface area contributed by atoms with E-state index in [1.807, 2.05) is 12.1 Å². The molecule has 2 aromatic rings. The van der Waals surface area contributed by atoms with Crippen molar-refractivity contribution >= 4 is 23.2 Å². The number of nitrogens with one attached hydrogen (secondary N) is 1. The number of phenols is 1. The number of phenolic OH excluding ortho intramolecular Hbond substituents is 1. The minimum atomic E-state index is -0.221. The van der Waals surface area contributed by atoms with Crippen molar-refractivity contribution in [3.8, 4) is 5.75 Å². The van der Waals surface area contributed by atoms with Crippen LogP contribution in [0.4, 0.5) is 5.69 Å². The summed E-state index contributed by atoms with van der Waals surface area (Å²) >= 11 is 5.80. The quantitative estimate of drug-likeness (QED) is 0.834. The highest BCUT2D eigenvalue weighted by Gasteiger charge is 2.14. The molecule has 0 unspecified atom stereocenters. The summed E-state index contributed by atoms with van der Waals surface area (Å²) in [6, 6.07) is 10.0. The van der Waals surface area contributed by atoms with Gasteiger partial charge in [0.15, 0.2) is 0 Å². The number of hydrogen-bond acceptors (Lipinski definition) is 3. The van der Waals surface area contributed by atoms with Gasteiger partial charge in [-0.1, -0.05) is 17.7 Å². The van der Waals surface area contributed by atoms with Gasteiger partial charge >= 0.3 is 0 Å². The van der Waals surface area contributed by atoms with E-state index in [9.17, 15) is 9.90 Å². The normalized spacial score (nSPS) is 13.1. The lowest BCUT2D eigenvalue weighted by Gasteiger charge is -2.07. The Balaban J connectivity index is 1.80. The molecule has 5 heteroatoms. The van der Waals surface area contributed by atoms with Crippen LogP contribution in [0.25, 0.3) is 0 Å². The maximum Gasteiger partial charge on any atom is 0.255 e. The van der Waals surface area contributed by atoms with Gasteiger partial charge < -0.3 is 15.2 Å². The van der Waals surface area contributed by atoms with Gasteiger partial charge in [-0.2, -0.15) is 0 Å². The van der Waals surface area contributed by atoms with Crippen LogP contribution in [0.5, 0.6) is 5.75 Å². The predicted molar refractivity (Wildman–Crippen MR) is 76.0 cm³/mol. The molecular formula is C15H12ClNO3. The van der Waals surface area contributed by atoms with Crippen molar-refractivity contribution in [2.75, 3.05) is 5.32 Å². The third-order valence-electron chi connectivity index (χ3n) is 3.19. The van der Waals surface area contributed by atoms with Gasteiger partial charge in [0, 0.05) is 11.3 Å². The predicted octanol–water partition coefficient (Wildman–Crippen LogP) is 3.33. The first-order valence-electron chi connectivity index (χ1n) is 6.13. The molecule has 0 saturated carbocycles. The molecule has 1 aliphatic rings. The lowest BCUT2D eigenvalue weighted by Crippen LogP contribution is -2.12. The zero-order valence-corrected chi connectivity index (χ0v) is 11.3. The second-order valence-electron chi connectivity index (χ2n) is 4.60. The van der Waals surface area contributed by atoms with E-state index >= 15 is 0 Å². The number of anilines is 1. The average molecular weight is 290 g/mol. The second kappa shape index (κ2) is 5.15. The number of ether oxygens (including phenoxy) is 1. The van der Waals surface area contributed by atoms with Crippen molar-refractivity contribution in [3.63, 3.8) is 0 Å². The van der Waals surface area contributed by atoms with Crippen molar-refractivity contribution in [2.24, 2.45) is 0 Å². The highest BCUT2D eigenvalue weighted by Crippen LogP contribution is 2.26. The van der Waals surface area contributed by atoms with E-state index in [1.54, 1.807) is 12.1 Å². The van der Waals surface area contributed by atoms with Crippen molar-refractivity contribution in [1.29, 1.82) is 0 Å². The Morgan fingerprint density at radius 2 is 1.95 bits per heavy atom. The van der Waals surface area contributed by atoms with Crippen molar-refractivity contribution in [2.45, 2.75) is 13.2 Å². The lowest BCUT2D eigenvalue weighted by molar-refractivity contribution is 0.102. The van der Waals surface area contributed by atoms with Crippen LogP contribution in [0, 0.1) is 0 Å². The summed E-state index contributed by atoms with van der Waals surface area (Å²) in [7, 11) is 0. The van der Waals surface area contributed by atoms with Crippen molar-refractivity contribution in [3.05, 3.63) is 58.1 Å². The molecule has 3 rings (SSSR count). The maximum atomic E-state index is 12.2. The van der Waals surface area contributed by atoms with E-state index in [1.165, 1.54) is 12.1 Å². The Morgan fingerprint density at radius 3 is 2.75 bits per heavy atom. The Kier molecular flexibility index (Phi) is 3.34. The van der Waals surface area contributed by atoms with E-state index in [-0.39, 0.29) is 16.7 Å². The van der Waals surface area contributed by atoms with Crippen molar-refractivity contribution in [1.82, 2.24) is 0 Å². The fourth-order valence-electron chi connectivity index (χ4n) is 2.10. The number of halogens is 1. The summed E-state index contributed by atoms with van der Waals surface area (Å²) in [5.41, 5.74) is 3.27. The average Bonchev–Trinajstić information content (AvgIpc) is 2.90. The Morgan fingerprint density at radius 1 is 1.15 bits per heavy atom. The standard InChI is InChI=1S/C15H12ClNO3/c16-13-6-12(3-4-14(13)18)17-15(19)9-1-2-10-7-20-8-11(10)5-9/h1-6,18H,7-8H2,(H,17,19). The number of aromatic hydroxyl groups is 1. The van der Waals surface area contributed by atoms with E-state index in [4.69, 9.17) is 16.3 Å². The fourth-order valence-corrected chi connectivity index (χ4v) is 2.28. The van der Waals surface area contributed by atoms with E-state index < -0.39 is 0 Å². The molecule has 1 heterocycles. The fraction of sp³-hybridized carbons (Fsp3) is 0.133. The molecule has 0 aromatic heterocycles. The van der Waals surface area contributed by atoms with E-state index in [0.29, 0.717) is 24.5 Å². The molecule has 1 aliphatic heterocycles. The van der Waals surface area contributed by atoms with Crippen molar-refractivity contribution < 1.29 is 14.6 Å². The number of amides is 1. The van der Waals surface area contributed by atoms with Crippen LogP contribution < -0.4 is 5.32 Å². The molecule has 2 N–H and O–H groups in total. The minimum absolute atomic E-state index is 0.0145. The Hall–Kier alpha value is -2.04. The van der Waals surface area contributed by atoms with Gasteiger partial charge in [-0.25, -0.2) is 0 Å². The maximum absolute atomic E-state index is 12.2. The molecule has 1 amide bonds. The Labute approximate surface area is 120 Å². The van der Waals surface area contributed by atoms with Crippen LogP contribution >= 0.6 is 11.6 Å². The second-order valence-corrected chi connectivity index (χ2v) is 5.00. The molecule has 0 radical (unpaired) electrons. The first kappa shape index (κ1) is 13.0. The van der Waals surface area contributed by atoms with Gasteiger partial charge in [0.1, 0.15) is 5.75 Å². The number of rotatable bonds is 2. The van der Waals surface area contributed by atoms with Crippen LogP contribution in [0.1, 0.15) is 21.5 Å². The van der Waals surface area contributed by atoms with Gasteiger partial charge in [-0.05, 0) is 41.5 Å². The topological polar surface area (TPSA) is 58.6 Å². The molecule has 2 aromatic carbocycles. The monoisotopic (exact) mass is 289 g/mol. The van der Waals surface area contributed by atoms with Gasteiger partial charge in [-0.15, -0.1) is 0 Å². The van der Waals surface area contributed by atoms with Gasteiger partial charge in [0.05, 0.1) is 18.2 Å². The summed E-state index contributed by atoms with van der Waals surface area (Å²) in [6.07, 6.45) is 0. The minimum Gasteiger partial charge on any atom is -0.506 e. The number of fused-ring (bicyclic) bond motifs is 1. The molecular weight excluding hydrogens is 278 g/mol. The summed E-state index contributed by atoms with van der Waals surface area (Å²) in [5.74, 6) is -0.235. The lowest BCUT2D eigenvalue weighted by atomic mass is 10.1. The van der Waals surface area contributed by atoms with Crippen LogP contribution in [-0.2, 0) is 18.0 Å². The molecule has 0 atom stereocenters. The zero-order chi connectivity index (χ0) is 14.1. The highest BCUT2D eigenvalue weighted by molar-refractivity contribution is 6.32. The molecule has 0 saturated heterocycles. The third-order valence-corrected chi connectivity index (χ3v) is 3.49. The Bertz CT molecular complexity index is 685. The number of carbonyl (C=O) groups excluding carboxylic acids is 1. The molecule has 0 spiro atoms. The van der Waals surface area contributed by atoms with Gasteiger partial charge in [-0.3, -0.25) is 4.79 Å². The van der Waals surface area contributed by atoms with Gasteiger partial charge in [0.2, 0.25) is 0 Å². The smallest absolute Gasteiger partial charge is 0.255 e. The summed E-state index contributed by atoms with van der Waals surface area (Å²) in [6.45, 7) is 1.15. The van der Waals surface area contributed by atoms with Crippen LogP contribution in [0.2, 0.25) is 5.02 Å². The molecule has 0 fully saturated rings. The third kappa shape index (κ3) is 2.48. The summed E-state index contributed by atoms with van der Waals surface area (Å²) in [5, 5.41) is 12.3. The van der Waals surface area contributed by atoms with E-state index in [0.717, 1.165) is 11.1 Å². The highest BCUT2D eigenvalue weighted by atomic mass is 35.5. The zero-order valence-electron chi connectivity index (χ0n) is 10.5. The number of carbonyl (C=O) groups is 1. The largest absolute Gasteiger partial charge is 0.506 e. The van der Waals surface area contributed by atoms with Crippen LogP contribution in [-0.4, -0.2) is 11.0 Å². The van der Waals surface area contributed by atoms with Crippen LogP contribution in [0.3, 0.4) is 0 Å². The number of benzene rings is 2. The molecule has 0 bridgehead atoms.